The predicted octanol–water partition coefficient (Wildman–Crippen LogP) is 1.79. The molecular weight excluding hydrogens is 467 g/mol. The van der Waals surface area contributed by atoms with E-state index in [-0.39, 0.29) is 23.0 Å². The van der Waals surface area contributed by atoms with Gasteiger partial charge in [0.1, 0.15) is 12.0 Å². The van der Waals surface area contributed by atoms with Gasteiger partial charge in [0.15, 0.2) is 5.16 Å². The average molecular weight is 499 g/mol. The van der Waals surface area contributed by atoms with Gasteiger partial charge < -0.3 is 15.8 Å². The van der Waals surface area contributed by atoms with Gasteiger partial charge in [-0.25, -0.2) is 14.4 Å². The van der Waals surface area contributed by atoms with Gasteiger partial charge in [-0.1, -0.05) is 23.4 Å². The molecule has 1 unspecified atom stereocenters. The summed E-state index contributed by atoms with van der Waals surface area (Å²) in [6, 6.07) is 5.19. The van der Waals surface area contributed by atoms with Gasteiger partial charge in [-0.15, -0.1) is 0 Å². The lowest BCUT2D eigenvalue weighted by atomic mass is 9.89. The highest BCUT2D eigenvalue weighted by atomic mass is 32.2. The summed E-state index contributed by atoms with van der Waals surface area (Å²) in [5.41, 5.74) is 9.99. The molecule has 186 valence electrons. The first-order valence-corrected chi connectivity index (χ1v) is 13.1. The molecule has 0 amide bonds. The number of rotatable bonds is 3. The fourth-order valence-electron chi connectivity index (χ4n) is 5.62. The topological polar surface area (TPSA) is 97.3 Å². The molecule has 2 aromatic rings. The molecule has 5 heterocycles. The Hall–Kier alpha value is -2.53. The summed E-state index contributed by atoms with van der Waals surface area (Å²) in [6.07, 6.45) is 5.18. The van der Waals surface area contributed by atoms with Crippen LogP contribution < -0.4 is 11.0 Å². The molecule has 0 spiro atoms. The summed E-state index contributed by atoms with van der Waals surface area (Å²) >= 11 is 1.67. The lowest BCUT2D eigenvalue weighted by molar-refractivity contribution is 0.230. The van der Waals surface area contributed by atoms with E-state index in [1.54, 1.807) is 30.2 Å². The predicted molar refractivity (Wildman–Crippen MR) is 136 cm³/mol. The largest absolute Gasteiger partial charge is 0.412 e. The maximum atomic E-state index is 14.0. The summed E-state index contributed by atoms with van der Waals surface area (Å²) in [5.74, 6) is 0.755. The molecule has 10 heteroatoms. The van der Waals surface area contributed by atoms with E-state index >= 15 is 0 Å². The zero-order chi connectivity index (χ0) is 23.2. The zero-order valence-electron chi connectivity index (χ0n) is 19.9. The van der Waals surface area contributed by atoms with Gasteiger partial charge in [0.05, 0.1) is 6.34 Å². The Labute approximate surface area is 208 Å². The van der Waals surface area contributed by atoms with Crippen LogP contribution in [0.3, 0.4) is 0 Å². The molecular formula is C25H31FN6O2S. The number of aryl methyl sites for hydroxylation is 1. The lowest BCUT2D eigenvalue weighted by Gasteiger charge is -2.32. The van der Waals surface area contributed by atoms with Crippen LogP contribution in [0.5, 0.6) is 0 Å². The number of aromatic nitrogens is 2. The Morgan fingerprint density at radius 2 is 2.00 bits per heavy atom. The van der Waals surface area contributed by atoms with Gasteiger partial charge in [-0.2, -0.15) is 5.01 Å². The first-order valence-electron chi connectivity index (χ1n) is 12.1. The van der Waals surface area contributed by atoms with E-state index in [0.717, 1.165) is 91.7 Å². The van der Waals surface area contributed by atoms with E-state index in [2.05, 4.69) is 20.3 Å². The van der Waals surface area contributed by atoms with Crippen molar-refractivity contribution >= 4 is 23.7 Å². The molecule has 1 atom stereocenters. The number of fused-ring (bicyclic) bond motifs is 3. The molecule has 4 aliphatic rings. The first-order chi connectivity index (χ1) is 16.6. The maximum absolute atomic E-state index is 14.0. The van der Waals surface area contributed by atoms with Crippen molar-refractivity contribution in [2.45, 2.75) is 50.5 Å². The average Bonchev–Trinajstić information content (AvgIpc) is 3.47. The third kappa shape index (κ3) is 4.44. The molecule has 35 heavy (non-hydrogen) atoms. The van der Waals surface area contributed by atoms with E-state index in [1.165, 1.54) is 11.1 Å². The van der Waals surface area contributed by atoms with Crippen LogP contribution in [0.25, 0.3) is 5.57 Å². The van der Waals surface area contributed by atoms with Gasteiger partial charge in [0.2, 0.25) is 0 Å². The minimum Gasteiger partial charge on any atom is -0.412 e. The minimum atomic E-state index is -0.178. The molecule has 0 saturated carbocycles. The van der Waals surface area contributed by atoms with Gasteiger partial charge in [-0.3, -0.25) is 9.36 Å². The number of hydrazine groups is 1. The summed E-state index contributed by atoms with van der Waals surface area (Å²) < 4.78 is 15.8. The van der Waals surface area contributed by atoms with Crippen molar-refractivity contribution in [2.24, 2.45) is 4.99 Å². The van der Waals surface area contributed by atoms with Crippen LogP contribution in [-0.2, 0) is 19.4 Å². The Morgan fingerprint density at radius 1 is 1.17 bits per heavy atom. The summed E-state index contributed by atoms with van der Waals surface area (Å²) in [5, 5.41) is 3.02. The van der Waals surface area contributed by atoms with Crippen LogP contribution in [-0.4, -0.2) is 69.4 Å². The van der Waals surface area contributed by atoms with Gasteiger partial charge in [0.25, 0.3) is 5.56 Å². The fraction of sp³-hybridized carbons (Fsp3) is 0.480. The second kappa shape index (κ2) is 9.85. The fourth-order valence-corrected chi connectivity index (χ4v) is 6.60. The number of likely N-dealkylation sites (tertiary alicyclic amines) is 1. The number of hydrogen-bond donors (Lipinski definition) is 1. The molecule has 0 radical (unpaired) electrons. The number of piperidine rings is 1. The Kier molecular flexibility index (Phi) is 6.80. The number of benzene rings is 1. The van der Waals surface area contributed by atoms with Crippen molar-refractivity contribution in [3.8, 4) is 0 Å². The van der Waals surface area contributed by atoms with Crippen molar-refractivity contribution in [1.29, 1.82) is 0 Å². The number of thioether (sulfide) groups is 1. The van der Waals surface area contributed by atoms with Crippen LogP contribution in [0.4, 0.5) is 4.39 Å². The zero-order valence-corrected chi connectivity index (χ0v) is 20.7. The highest BCUT2D eigenvalue weighted by Crippen LogP contribution is 2.37. The normalized spacial score (nSPS) is 21.7. The third-order valence-corrected chi connectivity index (χ3v) is 8.43. The highest BCUT2D eigenvalue weighted by Gasteiger charge is 2.33. The number of aliphatic imine (C=N–C) groups is 1. The molecule has 3 N–H and O–H groups in total. The molecule has 1 fully saturated rings. The van der Waals surface area contributed by atoms with Crippen molar-refractivity contribution in [2.75, 3.05) is 31.9 Å². The highest BCUT2D eigenvalue weighted by molar-refractivity contribution is 7.99. The number of hydrogen-bond acceptors (Lipinski definition) is 7. The SMILES string of the molecule is Cc1nc2n(c(=O)c1CCN1CCC(=C3c4ccc(F)cc4CCN4NC=NC34)CC1)CCS2.O. The van der Waals surface area contributed by atoms with Gasteiger partial charge in [0, 0.05) is 49.7 Å². The first kappa shape index (κ1) is 24.2. The number of nitrogens with zero attached hydrogens (tertiary/aromatic N) is 5. The van der Waals surface area contributed by atoms with Crippen LogP contribution in [0, 0.1) is 12.7 Å². The Balaban J connectivity index is 0.00000253. The van der Waals surface area contributed by atoms with Crippen molar-refractivity contribution < 1.29 is 9.87 Å². The van der Waals surface area contributed by atoms with Gasteiger partial charge >= 0.3 is 0 Å². The molecule has 0 bridgehead atoms. The molecule has 0 aliphatic carbocycles. The van der Waals surface area contributed by atoms with Crippen LogP contribution in [0.2, 0.25) is 0 Å². The second-order valence-electron chi connectivity index (χ2n) is 9.40. The molecule has 4 aliphatic heterocycles. The second-order valence-corrected chi connectivity index (χ2v) is 10.5. The van der Waals surface area contributed by atoms with E-state index in [9.17, 15) is 9.18 Å². The summed E-state index contributed by atoms with van der Waals surface area (Å²) in [6.45, 7) is 6.29. The number of nitrogens with one attached hydrogen (secondary N) is 1. The number of halogens is 1. The van der Waals surface area contributed by atoms with E-state index < -0.39 is 0 Å². The van der Waals surface area contributed by atoms with Gasteiger partial charge in [-0.05, 0) is 61.4 Å². The molecule has 8 nitrogen and oxygen atoms in total. The van der Waals surface area contributed by atoms with Crippen LogP contribution in [0.1, 0.15) is 35.2 Å². The molecule has 6 rings (SSSR count). The Morgan fingerprint density at radius 3 is 2.83 bits per heavy atom. The molecule has 1 saturated heterocycles. The van der Waals surface area contributed by atoms with Crippen molar-refractivity contribution in [3.05, 3.63) is 62.3 Å². The van der Waals surface area contributed by atoms with Crippen molar-refractivity contribution in [1.82, 2.24) is 24.9 Å². The van der Waals surface area contributed by atoms with Crippen LogP contribution in [0.15, 0.2) is 38.7 Å². The quantitative estimate of drug-likeness (QED) is 0.649. The molecule has 1 aromatic carbocycles. The van der Waals surface area contributed by atoms with E-state index in [1.807, 2.05) is 17.6 Å². The lowest BCUT2D eigenvalue weighted by Crippen LogP contribution is -2.40. The molecule has 1 aromatic heterocycles. The van der Waals surface area contributed by atoms with E-state index in [0.29, 0.717) is 0 Å². The van der Waals surface area contributed by atoms with Crippen molar-refractivity contribution in [3.63, 3.8) is 0 Å². The monoisotopic (exact) mass is 498 g/mol. The summed E-state index contributed by atoms with van der Waals surface area (Å²) in [7, 11) is 0. The maximum Gasteiger partial charge on any atom is 0.257 e. The third-order valence-electron chi connectivity index (χ3n) is 7.47. The summed E-state index contributed by atoms with van der Waals surface area (Å²) in [4.78, 5) is 24.8. The Bertz CT molecular complexity index is 1250. The standard InChI is InChI=1S/C25H29FN6OS.H2O/c1-16-20(24(33)31-12-13-34-25(31)29-16)7-10-30-8-4-17(5-9-30)22-21-3-2-19(26)14-18(21)6-11-32-23(22)27-15-28-32;/h2-3,14-15,23H,4-13H2,1H3,(H,27,28);1H2. The van der Waals surface area contributed by atoms with E-state index in [4.69, 9.17) is 4.99 Å². The minimum absolute atomic E-state index is 0. The van der Waals surface area contributed by atoms with Crippen LogP contribution >= 0.6 is 11.8 Å². The smallest absolute Gasteiger partial charge is 0.257 e.